The fourth-order valence-corrected chi connectivity index (χ4v) is 4.16. The van der Waals surface area contributed by atoms with Crippen LogP contribution in [0.25, 0.3) is 11.1 Å². The third-order valence-corrected chi connectivity index (χ3v) is 6.02. The summed E-state index contributed by atoms with van der Waals surface area (Å²) in [6.45, 7) is 5.85. The molecule has 7 heteroatoms. The molecule has 2 aromatic heterocycles. The fraction of sp³-hybridized carbons (Fsp3) is 0.435. The van der Waals surface area contributed by atoms with Crippen LogP contribution in [-0.4, -0.2) is 53.5 Å². The van der Waals surface area contributed by atoms with Crippen LogP contribution in [0.5, 0.6) is 0 Å². The molecule has 2 fully saturated rings. The Hall–Kier alpha value is -3.09. The lowest BCUT2D eigenvalue weighted by Crippen LogP contribution is -2.51. The lowest BCUT2D eigenvalue weighted by atomic mass is 10.0. The van der Waals surface area contributed by atoms with Gasteiger partial charge in [-0.3, -0.25) is 9.59 Å². The summed E-state index contributed by atoms with van der Waals surface area (Å²) in [5.41, 5.74) is 2.53. The predicted octanol–water partition coefficient (Wildman–Crippen LogP) is 2.87. The smallest absolute Gasteiger partial charge is 0.271 e. The van der Waals surface area contributed by atoms with Gasteiger partial charge in [-0.1, -0.05) is 6.58 Å². The Morgan fingerprint density at radius 2 is 2.20 bits per heavy atom. The molecule has 0 spiro atoms. The van der Waals surface area contributed by atoms with Crippen molar-refractivity contribution in [2.75, 3.05) is 36.9 Å². The van der Waals surface area contributed by atoms with Crippen LogP contribution in [0.3, 0.4) is 0 Å². The molecule has 4 rings (SSSR count). The van der Waals surface area contributed by atoms with Crippen LogP contribution < -0.4 is 15.8 Å². The summed E-state index contributed by atoms with van der Waals surface area (Å²) in [6.07, 6.45) is 9.19. The average Bonchev–Trinajstić information content (AvgIpc) is 3.62. The van der Waals surface area contributed by atoms with Crippen molar-refractivity contribution in [1.82, 2.24) is 14.9 Å². The van der Waals surface area contributed by atoms with E-state index < -0.39 is 0 Å². The number of aromatic nitrogens is 2. The number of nitrogens with one attached hydrogen (secondary N) is 2. The highest BCUT2D eigenvalue weighted by Gasteiger charge is 2.33. The summed E-state index contributed by atoms with van der Waals surface area (Å²) in [4.78, 5) is 36.3. The van der Waals surface area contributed by atoms with Gasteiger partial charge >= 0.3 is 0 Å². The molecule has 0 radical (unpaired) electrons. The largest absolute Gasteiger partial charge is 0.373 e. The third-order valence-electron chi connectivity index (χ3n) is 6.02. The number of rotatable bonds is 7. The molecular formula is C23H29N5O2. The molecule has 1 atom stereocenters. The second-order valence-corrected chi connectivity index (χ2v) is 8.16. The minimum atomic E-state index is -0.0885. The molecule has 158 valence electrons. The minimum Gasteiger partial charge on any atom is -0.373 e. The van der Waals surface area contributed by atoms with Crippen molar-refractivity contribution in [3.8, 4) is 11.1 Å². The van der Waals surface area contributed by atoms with Crippen LogP contribution in [0.1, 0.15) is 25.7 Å². The first-order chi connectivity index (χ1) is 14.6. The van der Waals surface area contributed by atoms with E-state index in [4.69, 9.17) is 0 Å². The van der Waals surface area contributed by atoms with Gasteiger partial charge in [-0.15, -0.1) is 0 Å². The molecule has 1 saturated carbocycles. The van der Waals surface area contributed by atoms with Gasteiger partial charge in [-0.05, 0) is 61.4 Å². The van der Waals surface area contributed by atoms with Gasteiger partial charge in [0.1, 0.15) is 11.5 Å². The first kappa shape index (κ1) is 20.2. The van der Waals surface area contributed by atoms with E-state index in [1.165, 1.54) is 18.9 Å². The van der Waals surface area contributed by atoms with Gasteiger partial charge in [0.25, 0.3) is 5.56 Å². The Labute approximate surface area is 176 Å². The summed E-state index contributed by atoms with van der Waals surface area (Å²) in [5, 5.41) is 3.05. The van der Waals surface area contributed by atoms with Crippen LogP contribution in [0.15, 0.2) is 48.0 Å². The molecule has 2 aliphatic rings. The zero-order chi connectivity index (χ0) is 21.1. The molecule has 1 aliphatic heterocycles. The summed E-state index contributed by atoms with van der Waals surface area (Å²) >= 11 is 0. The number of likely N-dealkylation sites (tertiary alicyclic amines) is 1. The molecular weight excluding hydrogens is 378 g/mol. The molecule has 0 bridgehead atoms. The normalized spacial score (nSPS) is 18.7. The topological polar surface area (TPSA) is 81.3 Å². The number of nitrogens with zero attached hydrogens (tertiary/aromatic N) is 3. The summed E-state index contributed by atoms with van der Waals surface area (Å²) < 4.78 is 0. The Bertz CT molecular complexity index is 982. The first-order valence-electron chi connectivity index (χ1n) is 10.6. The molecule has 2 N–H and O–H groups in total. The molecule has 0 unspecified atom stereocenters. The van der Waals surface area contributed by atoms with Gasteiger partial charge in [0.05, 0.1) is 0 Å². The highest BCUT2D eigenvalue weighted by molar-refractivity contribution is 5.87. The van der Waals surface area contributed by atoms with Gasteiger partial charge in [-0.25, -0.2) is 4.98 Å². The van der Waals surface area contributed by atoms with E-state index in [1.54, 1.807) is 12.4 Å². The molecule has 0 aromatic carbocycles. The van der Waals surface area contributed by atoms with Crippen LogP contribution in [-0.2, 0) is 4.79 Å². The van der Waals surface area contributed by atoms with E-state index in [9.17, 15) is 9.59 Å². The molecule has 3 heterocycles. The van der Waals surface area contributed by atoms with E-state index in [2.05, 4.69) is 26.8 Å². The number of hydrogen-bond acceptors (Lipinski definition) is 5. The van der Waals surface area contributed by atoms with Crippen molar-refractivity contribution in [1.29, 1.82) is 0 Å². The van der Waals surface area contributed by atoms with Gasteiger partial charge in [0.15, 0.2) is 0 Å². The maximum atomic E-state index is 12.9. The zero-order valence-corrected chi connectivity index (χ0v) is 17.4. The number of carbonyl (C=O) groups excluding carboxylic acids is 1. The highest BCUT2D eigenvalue weighted by Crippen LogP contribution is 2.34. The van der Waals surface area contributed by atoms with Gasteiger partial charge in [-0.2, -0.15) is 0 Å². The quantitative estimate of drug-likeness (QED) is 0.690. The number of piperidine rings is 1. The average molecular weight is 408 g/mol. The van der Waals surface area contributed by atoms with E-state index in [-0.39, 0.29) is 17.5 Å². The van der Waals surface area contributed by atoms with E-state index in [0.717, 1.165) is 42.9 Å². The van der Waals surface area contributed by atoms with Crippen molar-refractivity contribution < 1.29 is 4.79 Å². The Kier molecular flexibility index (Phi) is 5.88. The van der Waals surface area contributed by atoms with Crippen LogP contribution in [0.4, 0.5) is 11.5 Å². The molecule has 30 heavy (non-hydrogen) atoms. The van der Waals surface area contributed by atoms with Gasteiger partial charge in [0.2, 0.25) is 5.91 Å². The Morgan fingerprint density at radius 1 is 1.37 bits per heavy atom. The number of carbonyl (C=O) groups is 1. The fourth-order valence-electron chi connectivity index (χ4n) is 4.16. The van der Waals surface area contributed by atoms with Crippen molar-refractivity contribution in [2.24, 2.45) is 5.92 Å². The summed E-state index contributed by atoms with van der Waals surface area (Å²) in [7, 11) is 1.83. The van der Waals surface area contributed by atoms with E-state index in [1.807, 2.05) is 30.1 Å². The van der Waals surface area contributed by atoms with Crippen LogP contribution in [0, 0.1) is 5.92 Å². The number of amides is 1. The number of pyridine rings is 2. The van der Waals surface area contributed by atoms with Crippen molar-refractivity contribution in [3.63, 3.8) is 0 Å². The second kappa shape index (κ2) is 8.73. The molecule has 7 nitrogen and oxygen atoms in total. The standard InChI is InChI=1S/C23H29N5O2/c1-3-22(29)27-10-4-5-19(15-27)28(14-16-6-7-16)20-11-18(13-26-23(20)30)17-8-9-25-21(12-17)24-2/h3,8-9,11-13,16,19H,1,4-7,10,14-15H2,2H3,(H,24,25)(H,26,30)/t19-/m0/s1. The zero-order valence-electron chi connectivity index (χ0n) is 17.4. The molecule has 1 amide bonds. The number of hydrogen-bond donors (Lipinski definition) is 2. The number of aromatic amines is 1. The molecule has 1 saturated heterocycles. The molecule has 1 aliphatic carbocycles. The van der Waals surface area contributed by atoms with E-state index in [0.29, 0.717) is 18.2 Å². The maximum Gasteiger partial charge on any atom is 0.271 e. The summed E-state index contributed by atoms with van der Waals surface area (Å²) in [6, 6.07) is 6.01. The second-order valence-electron chi connectivity index (χ2n) is 8.16. The predicted molar refractivity (Wildman–Crippen MR) is 120 cm³/mol. The Balaban J connectivity index is 1.67. The lowest BCUT2D eigenvalue weighted by Gasteiger charge is -2.40. The maximum absolute atomic E-state index is 12.9. The molecule has 2 aromatic rings. The SMILES string of the molecule is C=CC(=O)N1CCC[C@H](N(CC2CC2)c2cc(-c3ccnc(NC)c3)c[nH]c2=O)C1. The van der Waals surface area contributed by atoms with Crippen molar-refractivity contribution in [2.45, 2.75) is 31.7 Å². The van der Waals surface area contributed by atoms with Gasteiger partial charge < -0.3 is 20.1 Å². The third kappa shape index (κ3) is 4.40. The van der Waals surface area contributed by atoms with Crippen LogP contribution >= 0.6 is 0 Å². The lowest BCUT2D eigenvalue weighted by molar-refractivity contribution is -0.127. The van der Waals surface area contributed by atoms with E-state index >= 15 is 0 Å². The number of anilines is 2. The number of H-pyrrole nitrogens is 1. The monoisotopic (exact) mass is 407 g/mol. The van der Waals surface area contributed by atoms with Crippen LogP contribution in [0.2, 0.25) is 0 Å². The minimum absolute atomic E-state index is 0.0369. The highest BCUT2D eigenvalue weighted by atomic mass is 16.2. The summed E-state index contributed by atoms with van der Waals surface area (Å²) in [5.74, 6) is 1.36. The Morgan fingerprint density at radius 3 is 2.93 bits per heavy atom. The van der Waals surface area contributed by atoms with Crippen molar-refractivity contribution >= 4 is 17.4 Å². The van der Waals surface area contributed by atoms with Gasteiger partial charge in [0, 0.05) is 50.7 Å². The van der Waals surface area contributed by atoms with Crippen molar-refractivity contribution in [3.05, 3.63) is 53.6 Å². The first-order valence-corrected chi connectivity index (χ1v) is 10.6.